The lowest BCUT2D eigenvalue weighted by molar-refractivity contribution is 0.312. The van der Waals surface area contributed by atoms with Crippen molar-refractivity contribution in [2.24, 2.45) is 16.3 Å². The molecule has 1 heterocycles. The van der Waals surface area contributed by atoms with E-state index in [9.17, 15) is 0 Å². The van der Waals surface area contributed by atoms with Gasteiger partial charge in [0.25, 0.3) is 0 Å². The lowest BCUT2D eigenvalue weighted by atomic mass is 9.77. The minimum Gasteiger partial charge on any atom is -0.387 e. The zero-order valence-corrected chi connectivity index (χ0v) is 12.5. The molecule has 0 spiro atoms. The van der Waals surface area contributed by atoms with Crippen LogP contribution >= 0.6 is 0 Å². The minimum atomic E-state index is 0.124. The quantitative estimate of drug-likeness (QED) is 0.797. The van der Waals surface area contributed by atoms with E-state index in [2.05, 4.69) is 35.6 Å². The Hall–Kier alpha value is -1.05. The fraction of sp³-hybridized carbons (Fsp3) is 0.706. The fourth-order valence-corrected chi connectivity index (χ4v) is 3.29. The Morgan fingerprint density at radius 3 is 2.58 bits per heavy atom. The van der Waals surface area contributed by atoms with Gasteiger partial charge in [-0.15, -0.1) is 0 Å². The average Bonchev–Trinajstić information content (AvgIpc) is 2.55. The van der Waals surface area contributed by atoms with E-state index in [1.165, 1.54) is 51.4 Å². The molecule has 1 aliphatic heterocycles. The monoisotopic (exact) mass is 260 g/mol. The molecule has 0 amide bonds. The van der Waals surface area contributed by atoms with Gasteiger partial charge in [-0.1, -0.05) is 57.9 Å². The molecule has 1 N–H and O–H groups in total. The highest BCUT2D eigenvalue weighted by molar-refractivity contribution is 5.70. The van der Waals surface area contributed by atoms with Crippen LogP contribution in [0, 0.1) is 11.3 Å². The van der Waals surface area contributed by atoms with Gasteiger partial charge in [-0.05, 0) is 18.4 Å². The first kappa shape index (κ1) is 14.4. The van der Waals surface area contributed by atoms with Gasteiger partial charge in [0.2, 0.25) is 0 Å². The number of hydrogen-bond donors (Lipinski definition) is 1. The van der Waals surface area contributed by atoms with Crippen molar-refractivity contribution in [1.82, 2.24) is 5.32 Å². The summed E-state index contributed by atoms with van der Waals surface area (Å²) in [4.78, 5) is 4.47. The first-order chi connectivity index (χ1) is 9.22. The van der Waals surface area contributed by atoms with E-state index in [-0.39, 0.29) is 5.41 Å². The molecule has 1 unspecified atom stereocenters. The molecule has 0 radical (unpaired) electrons. The third-order valence-electron chi connectivity index (χ3n) is 4.47. The topological polar surface area (TPSA) is 24.4 Å². The Morgan fingerprint density at radius 2 is 1.89 bits per heavy atom. The first-order valence-corrected chi connectivity index (χ1v) is 7.83. The maximum atomic E-state index is 4.47. The van der Waals surface area contributed by atoms with Gasteiger partial charge in [-0.2, -0.15) is 0 Å². The van der Waals surface area contributed by atoms with Crippen LogP contribution in [-0.2, 0) is 0 Å². The maximum Gasteiger partial charge on any atom is 0.0520 e. The molecule has 1 fully saturated rings. The number of nitrogens with zero attached hydrogens (tertiary/aromatic N) is 1. The third kappa shape index (κ3) is 4.52. The summed E-state index contributed by atoms with van der Waals surface area (Å²) < 4.78 is 0. The van der Waals surface area contributed by atoms with Gasteiger partial charge in [0.1, 0.15) is 0 Å². The SMILES string of the molecule is CNC1=CN=CC(C)(CC2CCCCCCC2)C=C1. The second-order valence-corrected chi connectivity index (χ2v) is 6.37. The third-order valence-corrected chi connectivity index (χ3v) is 4.47. The number of nitrogens with one attached hydrogen (secondary N) is 1. The van der Waals surface area contributed by atoms with Gasteiger partial charge >= 0.3 is 0 Å². The van der Waals surface area contributed by atoms with Gasteiger partial charge in [0.15, 0.2) is 0 Å². The molecule has 1 saturated carbocycles. The summed E-state index contributed by atoms with van der Waals surface area (Å²) in [6, 6.07) is 0. The summed E-state index contributed by atoms with van der Waals surface area (Å²) in [7, 11) is 1.95. The van der Waals surface area contributed by atoms with Crippen molar-refractivity contribution in [2.75, 3.05) is 7.05 Å². The van der Waals surface area contributed by atoms with Crippen molar-refractivity contribution in [1.29, 1.82) is 0 Å². The van der Waals surface area contributed by atoms with E-state index < -0.39 is 0 Å². The molecular formula is C17H28N2. The molecule has 19 heavy (non-hydrogen) atoms. The van der Waals surface area contributed by atoms with Gasteiger partial charge < -0.3 is 5.32 Å². The van der Waals surface area contributed by atoms with Crippen LogP contribution < -0.4 is 5.32 Å². The van der Waals surface area contributed by atoms with E-state index in [1.54, 1.807) is 0 Å². The molecule has 0 aromatic heterocycles. The van der Waals surface area contributed by atoms with Gasteiger partial charge in [0.05, 0.1) is 5.70 Å². The Kier molecular flexibility index (Phi) is 5.24. The van der Waals surface area contributed by atoms with E-state index in [0.717, 1.165) is 11.6 Å². The molecule has 2 aliphatic rings. The van der Waals surface area contributed by atoms with Crippen LogP contribution in [0.25, 0.3) is 0 Å². The molecule has 1 atom stereocenters. The van der Waals surface area contributed by atoms with Crippen molar-refractivity contribution in [3.8, 4) is 0 Å². The minimum absolute atomic E-state index is 0.124. The lowest BCUT2D eigenvalue weighted by Crippen LogP contribution is -2.20. The summed E-state index contributed by atoms with van der Waals surface area (Å²) in [5, 5.41) is 3.16. The molecule has 0 bridgehead atoms. The smallest absolute Gasteiger partial charge is 0.0520 e. The van der Waals surface area contributed by atoms with Gasteiger partial charge in [0, 0.05) is 24.9 Å². The number of likely N-dealkylation sites (N-methyl/N-ethyl adjacent to an activating group) is 1. The van der Waals surface area contributed by atoms with Crippen LogP contribution in [0.5, 0.6) is 0 Å². The average molecular weight is 260 g/mol. The highest BCUT2D eigenvalue weighted by Gasteiger charge is 2.25. The summed E-state index contributed by atoms with van der Waals surface area (Å²) >= 11 is 0. The summed E-state index contributed by atoms with van der Waals surface area (Å²) in [6.07, 6.45) is 19.8. The van der Waals surface area contributed by atoms with Crippen LogP contribution in [-0.4, -0.2) is 13.3 Å². The molecular weight excluding hydrogens is 232 g/mol. The van der Waals surface area contributed by atoms with E-state index in [0.29, 0.717) is 0 Å². The second-order valence-electron chi connectivity index (χ2n) is 6.37. The lowest BCUT2D eigenvalue weighted by Gasteiger charge is -2.28. The van der Waals surface area contributed by atoms with Crippen LogP contribution in [0.1, 0.15) is 58.3 Å². The van der Waals surface area contributed by atoms with Gasteiger partial charge in [-0.3, -0.25) is 4.99 Å². The highest BCUT2D eigenvalue weighted by Crippen LogP contribution is 2.34. The zero-order valence-electron chi connectivity index (χ0n) is 12.5. The maximum absolute atomic E-state index is 4.47. The Balaban J connectivity index is 1.96. The number of rotatable bonds is 3. The molecule has 1 aliphatic carbocycles. The van der Waals surface area contributed by atoms with Crippen LogP contribution in [0.3, 0.4) is 0 Å². The predicted molar refractivity (Wildman–Crippen MR) is 83.3 cm³/mol. The zero-order chi connectivity index (χ0) is 13.6. The van der Waals surface area contributed by atoms with Crippen molar-refractivity contribution in [3.63, 3.8) is 0 Å². The molecule has 106 valence electrons. The van der Waals surface area contributed by atoms with Gasteiger partial charge in [-0.25, -0.2) is 0 Å². The predicted octanol–water partition coefficient (Wildman–Crippen LogP) is 4.44. The molecule has 2 rings (SSSR count). The summed E-state index contributed by atoms with van der Waals surface area (Å²) in [5.74, 6) is 0.873. The standard InChI is InChI=1S/C17H28N2/c1-17(11-10-16(18-2)13-19-14-17)12-15-8-6-4-3-5-7-9-15/h10-11,13-15,18H,3-9,12H2,1-2H3. The fourth-order valence-electron chi connectivity index (χ4n) is 3.29. The van der Waals surface area contributed by atoms with Crippen LogP contribution in [0.4, 0.5) is 0 Å². The highest BCUT2D eigenvalue weighted by atomic mass is 14.9. The Morgan fingerprint density at radius 1 is 1.21 bits per heavy atom. The number of allylic oxidation sites excluding steroid dienone is 2. The normalized spacial score (nSPS) is 29.3. The molecule has 2 heteroatoms. The first-order valence-electron chi connectivity index (χ1n) is 7.83. The summed E-state index contributed by atoms with van der Waals surface area (Å²) in [5.41, 5.74) is 1.22. The largest absolute Gasteiger partial charge is 0.387 e. The summed E-state index contributed by atoms with van der Waals surface area (Å²) in [6.45, 7) is 2.32. The van der Waals surface area contributed by atoms with Crippen LogP contribution in [0.2, 0.25) is 0 Å². The van der Waals surface area contributed by atoms with Crippen molar-refractivity contribution < 1.29 is 0 Å². The second kappa shape index (κ2) is 6.93. The number of aliphatic imine (C=N–C) groups is 1. The van der Waals surface area contributed by atoms with Crippen molar-refractivity contribution >= 4 is 6.21 Å². The molecule has 2 nitrogen and oxygen atoms in total. The Labute approximate surface area is 118 Å². The van der Waals surface area contributed by atoms with E-state index in [1.807, 2.05) is 13.2 Å². The van der Waals surface area contributed by atoms with E-state index >= 15 is 0 Å². The molecule has 0 aromatic rings. The van der Waals surface area contributed by atoms with Crippen molar-refractivity contribution in [3.05, 3.63) is 24.0 Å². The molecule has 0 saturated heterocycles. The van der Waals surface area contributed by atoms with E-state index in [4.69, 9.17) is 0 Å². The number of hydrogen-bond acceptors (Lipinski definition) is 2. The van der Waals surface area contributed by atoms with Crippen LogP contribution in [0.15, 0.2) is 29.0 Å². The molecule has 0 aromatic carbocycles. The van der Waals surface area contributed by atoms with Crippen molar-refractivity contribution in [2.45, 2.75) is 58.3 Å². The Bertz CT molecular complexity index is 359.